The molecule has 3 rings (SSSR count). The first-order valence-corrected chi connectivity index (χ1v) is 10.6. The molecule has 0 radical (unpaired) electrons. The van der Waals surface area contributed by atoms with Crippen LogP contribution < -0.4 is 16.2 Å². The Morgan fingerprint density at radius 1 is 1.06 bits per heavy atom. The van der Waals surface area contributed by atoms with Crippen LogP contribution in [0.25, 0.3) is 11.3 Å². The SMILES string of the molecule is CC(=O)Nc1ccc(C)cc1-c1nnc(SCC(=O)Nc2cc(Cl)ccc2C)[nH]c1=O. The number of carbonyl (C=O) groups excluding carboxylic acids is 2. The van der Waals surface area contributed by atoms with Crippen LogP contribution >= 0.6 is 23.4 Å². The highest BCUT2D eigenvalue weighted by Gasteiger charge is 2.15. The van der Waals surface area contributed by atoms with Gasteiger partial charge in [0.15, 0.2) is 10.9 Å². The van der Waals surface area contributed by atoms with Crippen molar-refractivity contribution in [3.8, 4) is 11.3 Å². The van der Waals surface area contributed by atoms with Crippen molar-refractivity contribution in [2.24, 2.45) is 0 Å². The zero-order valence-electron chi connectivity index (χ0n) is 17.1. The Morgan fingerprint density at radius 3 is 2.55 bits per heavy atom. The summed E-state index contributed by atoms with van der Waals surface area (Å²) < 4.78 is 0. The molecule has 0 aliphatic heterocycles. The van der Waals surface area contributed by atoms with E-state index >= 15 is 0 Å². The van der Waals surface area contributed by atoms with E-state index in [1.807, 2.05) is 26.0 Å². The molecular formula is C21H20ClN5O3S. The Kier molecular flexibility index (Phi) is 7.09. The number of anilines is 2. The quantitative estimate of drug-likeness (QED) is 0.485. The Balaban J connectivity index is 1.74. The molecule has 160 valence electrons. The largest absolute Gasteiger partial charge is 0.326 e. The number of benzene rings is 2. The van der Waals surface area contributed by atoms with Crippen molar-refractivity contribution >= 4 is 46.6 Å². The minimum absolute atomic E-state index is 0.0253. The van der Waals surface area contributed by atoms with Crippen LogP contribution in [0.15, 0.2) is 46.3 Å². The van der Waals surface area contributed by atoms with Crippen LogP contribution in [0.2, 0.25) is 5.02 Å². The van der Waals surface area contributed by atoms with Gasteiger partial charge in [0.1, 0.15) is 0 Å². The zero-order valence-corrected chi connectivity index (χ0v) is 18.6. The van der Waals surface area contributed by atoms with Crippen LogP contribution in [0.5, 0.6) is 0 Å². The lowest BCUT2D eigenvalue weighted by atomic mass is 10.1. The molecule has 0 atom stereocenters. The van der Waals surface area contributed by atoms with Crippen molar-refractivity contribution in [2.45, 2.75) is 25.9 Å². The van der Waals surface area contributed by atoms with E-state index in [2.05, 4.69) is 25.8 Å². The summed E-state index contributed by atoms with van der Waals surface area (Å²) in [6, 6.07) is 10.5. The van der Waals surface area contributed by atoms with E-state index in [0.717, 1.165) is 22.9 Å². The summed E-state index contributed by atoms with van der Waals surface area (Å²) in [6.45, 7) is 5.11. The third-order valence-electron chi connectivity index (χ3n) is 4.23. The Bertz CT molecular complexity index is 1210. The molecule has 1 aromatic heterocycles. The molecule has 31 heavy (non-hydrogen) atoms. The molecule has 2 amide bonds. The van der Waals surface area contributed by atoms with Crippen molar-refractivity contribution < 1.29 is 9.59 Å². The van der Waals surface area contributed by atoms with Gasteiger partial charge in [-0.2, -0.15) is 0 Å². The molecule has 1 heterocycles. The first-order chi connectivity index (χ1) is 14.7. The monoisotopic (exact) mass is 457 g/mol. The number of hydrogen-bond acceptors (Lipinski definition) is 6. The van der Waals surface area contributed by atoms with E-state index in [0.29, 0.717) is 22.0 Å². The van der Waals surface area contributed by atoms with E-state index in [1.54, 1.807) is 24.3 Å². The molecule has 0 unspecified atom stereocenters. The minimum Gasteiger partial charge on any atom is -0.326 e. The molecule has 0 bridgehead atoms. The lowest BCUT2D eigenvalue weighted by molar-refractivity contribution is -0.114. The van der Waals surface area contributed by atoms with Gasteiger partial charge in [0.05, 0.1) is 11.4 Å². The number of amides is 2. The van der Waals surface area contributed by atoms with Gasteiger partial charge in [-0.1, -0.05) is 41.1 Å². The van der Waals surface area contributed by atoms with Crippen LogP contribution in [0.4, 0.5) is 11.4 Å². The highest BCUT2D eigenvalue weighted by atomic mass is 35.5. The number of nitrogens with one attached hydrogen (secondary N) is 3. The standard InChI is InChI=1S/C21H20ClN5O3S/c1-11-4-7-16(23-13(3)28)15(8-11)19-20(30)25-21(27-26-19)31-10-18(29)24-17-9-14(22)6-5-12(17)2/h4-9H,10H2,1-3H3,(H,23,28)(H,24,29)(H,25,27,30). The predicted octanol–water partition coefficient (Wildman–Crippen LogP) is 3.79. The molecule has 0 aliphatic carbocycles. The van der Waals surface area contributed by atoms with Crippen molar-refractivity contribution in [2.75, 3.05) is 16.4 Å². The normalized spacial score (nSPS) is 10.6. The number of H-pyrrole nitrogens is 1. The van der Waals surface area contributed by atoms with Gasteiger partial charge in [-0.3, -0.25) is 19.4 Å². The van der Waals surface area contributed by atoms with Gasteiger partial charge in [0, 0.05) is 23.2 Å². The molecule has 3 N–H and O–H groups in total. The average molecular weight is 458 g/mol. The summed E-state index contributed by atoms with van der Waals surface area (Å²) in [4.78, 5) is 39.0. The number of thioether (sulfide) groups is 1. The second-order valence-corrected chi connectivity index (χ2v) is 8.23. The van der Waals surface area contributed by atoms with Crippen LogP contribution in [0, 0.1) is 13.8 Å². The van der Waals surface area contributed by atoms with E-state index in [-0.39, 0.29) is 28.4 Å². The maximum Gasteiger partial charge on any atom is 0.278 e. The van der Waals surface area contributed by atoms with Crippen molar-refractivity contribution in [3.63, 3.8) is 0 Å². The number of carbonyl (C=O) groups is 2. The van der Waals surface area contributed by atoms with Crippen LogP contribution in [0.3, 0.4) is 0 Å². The molecule has 0 fully saturated rings. The number of halogens is 1. The minimum atomic E-state index is -0.471. The van der Waals surface area contributed by atoms with Gasteiger partial charge in [-0.15, -0.1) is 10.2 Å². The fraction of sp³-hybridized carbons (Fsp3) is 0.190. The summed E-state index contributed by atoms with van der Waals surface area (Å²) in [5, 5.41) is 14.2. The van der Waals surface area contributed by atoms with Gasteiger partial charge >= 0.3 is 0 Å². The van der Waals surface area contributed by atoms with Gasteiger partial charge in [0.25, 0.3) is 5.56 Å². The van der Waals surface area contributed by atoms with Crippen molar-refractivity contribution in [3.05, 3.63) is 62.9 Å². The lowest BCUT2D eigenvalue weighted by Crippen LogP contribution is -2.18. The maximum atomic E-state index is 12.6. The summed E-state index contributed by atoms with van der Waals surface area (Å²) in [5.74, 6) is -0.506. The fourth-order valence-corrected chi connectivity index (χ4v) is 3.54. The zero-order chi connectivity index (χ0) is 22.5. The number of aryl methyl sites for hydroxylation is 2. The van der Waals surface area contributed by atoms with Crippen LogP contribution in [-0.4, -0.2) is 32.7 Å². The molecule has 0 saturated heterocycles. The van der Waals surface area contributed by atoms with Crippen LogP contribution in [0.1, 0.15) is 18.1 Å². The summed E-state index contributed by atoms with van der Waals surface area (Å²) in [5.41, 5.74) is 2.95. The Morgan fingerprint density at radius 2 is 1.84 bits per heavy atom. The number of rotatable bonds is 6. The van der Waals surface area contributed by atoms with E-state index in [4.69, 9.17) is 11.6 Å². The van der Waals surface area contributed by atoms with E-state index in [9.17, 15) is 14.4 Å². The molecule has 8 nitrogen and oxygen atoms in total. The molecule has 0 saturated carbocycles. The second-order valence-electron chi connectivity index (χ2n) is 6.83. The number of hydrogen-bond donors (Lipinski definition) is 3. The maximum absolute atomic E-state index is 12.6. The van der Waals surface area contributed by atoms with Gasteiger partial charge in [-0.25, -0.2) is 0 Å². The highest BCUT2D eigenvalue weighted by molar-refractivity contribution is 7.99. The summed E-state index contributed by atoms with van der Waals surface area (Å²) in [7, 11) is 0. The first-order valence-electron chi connectivity index (χ1n) is 9.27. The first kappa shape index (κ1) is 22.5. The average Bonchev–Trinajstić information content (AvgIpc) is 2.70. The molecular weight excluding hydrogens is 438 g/mol. The van der Waals surface area contributed by atoms with Crippen LogP contribution in [-0.2, 0) is 9.59 Å². The van der Waals surface area contributed by atoms with Crippen molar-refractivity contribution in [1.29, 1.82) is 0 Å². The Labute approximate surface area is 187 Å². The second kappa shape index (κ2) is 9.76. The molecule has 3 aromatic rings. The van der Waals surface area contributed by atoms with Gasteiger partial charge < -0.3 is 10.6 Å². The fourth-order valence-electron chi connectivity index (χ4n) is 2.77. The lowest BCUT2D eigenvalue weighted by Gasteiger charge is -2.10. The van der Waals surface area contributed by atoms with E-state index in [1.165, 1.54) is 6.92 Å². The Hall–Kier alpha value is -3.17. The molecule has 10 heteroatoms. The smallest absolute Gasteiger partial charge is 0.278 e. The van der Waals surface area contributed by atoms with E-state index < -0.39 is 5.56 Å². The van der Waals surface area contributed by atoms with Crippen molar-refractivity contribution in [1.82, 2.24) is 15.2 Å². The molecule has 0 aliphatic rings. The topological polar surface area (TPSA) is 117 Å². The third-order valence-corrected chi connectivity index (χ3v) is 5.33. The molecule has 0 spiro atoms. The number of aromatic amines is 1. The number of aromatic nitrogens is 3. The predicted molar refractivity (Wildman–Crippen MR) is 123 cm³/mol. The third kappa shape index (κ3) is 5.93. The van der Waals surface area contributed by atoms with Gasteiger partial charge in [0.2, 0.25) is 11.8 Å². The highest BCUT2D eigenvalue weighted by Crippen LogP contribution is 2.26. The number of nitrogens with zero attached hydrogens (tertiary/aromatic N) is 2. The molecule has 2 aromatic carbocycles. The summed E-state index contributed by atoms with van der Waals surface area (Å²) in [6.07, 6.45) is 0. The summed E-state index contributed by atoms with van der Waals surface area (Å²) >= 11 is 7.02. The van der Waals surface area contributed by atoms with Gasteiger partial charge in [-0.05, 0) is 43.7 Å².